The second-order valence-corrected chi connectivity index (χ2v) is 4.84. The first-order chi connectivity index (χ1) is 8.11. The minimum Gasteiger partial charge on any atom is -0.495 e. The number of hydrogen-bond acceptors (Lipinski definition) is 3. The van der Waals surface area contributed by atoms with E-state index >= 15 is 0 Å². The number of ether oxygens (including phenoxy) is 2. The number of benzene rings is 1. The Labute approximate surface area is 107 Å². The van der Waals surface area contributed by atoms with Gasteiger partial charge in [-0.2, -0.15) is 0 Å². The van der Waals surface area contributed by atoms with Crippen LogP contribution < -0.4 is 10.1 Å². The quantitative estimate of drug-likeness (QED) is 0.882. The Balaban J connectivity index is 2.28. The fourth-order valence-corrected chi connectivity index (χ4v) is 2.40. The zero-order valence-corrected chi connectivity index (χ0v) is 11.2. The average molecular weight is 256 g/mol. The molecule has 2 unspecified atom stereocenters. The fourth-order valence-electron chi connectivity index (χ4n) is 2.15. The topological polar surface area (TPSA) is 30.5 Å². The van der Waals surface area contributed by atoms with Gasteiger partial charge in [0.2, 0.25) is 0 Å². The highest BCUT2D eigenvalue weighted by atomic mass is 35.5. The SMILES string of the molecule is COc1cc(C)c(C2CNCC(C)O2)cc1Cl. The third-order valence-electron chi connectivity index (χ3n) is 3.05. The zero-order valence-electron chi connectivity index (χ0n) is 10.4. The van der Waals surface area contributed by atoms with Crippen LogP contribution in [0.15, 0.2) is 12.1 Å². The predicted octanol–water partition coefficient (Wildman–Crippen LogP) is 2.71. The zero-order chi connectivity index (χ0) is 12.4. The second-order valence-electron chi connectivity index (χ2n) is 4.44. The lowest BCUT2D eigenvalue weighted by Gasteiger charge is -2.30. The minimum atomic E-state index is 0.0714. The van der Waals surface area contributed by atoms with Crippen LogP contribution in [0.5, 0.6) is 5.75 Å². The van der Waals surface area contributed by atoms with Crippen LogP contribution in [0, 0.1) is 6.92 Å². The summed E-state index contributed by atoms with van der Waals surface area (Å²) in [6.45, 7) is 5.85. The highest BCUT2D eigenvalue weighted by Gasteiger charge is 2.22. The fraction of sp³-hybridized carbons (Fsp3) is 0.538. The van der Waals surface area contributed by atoms with E-state index in [0.29, 0.717) is 10.8 Å². The van der Waals surface area contributed by atoms with E-state index in [1.54, 1.807) is 7.11 Å². The van der Waals surface area contributed by atoms with Gasteiger partial charge in [-0.05, 0) is 37.1 Å². The van der Waals surface area contributed by atoms with Gasteiger partial charge >= 0.3 is 0 Å². The van der Waals surface area contributed by atoms with Crippen molar-refractivity contribution in [3.05, 3.63) is 28.3 Å². The molecule has 17 heavy (non-hydrogen) atoms. The molecule has 1 aliphatic heterocycles. The molecule has 1 fully saturated rings. The van der Waals surface area contributed by atoms with E-state index < -0.39 is 0 Å². The molecular weight excluding hydrogens is 238 g/mol. The van der Waals surface area contributed by atoms with Crippen molar-refractivity contribution >= 4 is 11.6 Å². The molecule has 94 valence electrons. The molecule has 1 heterocycles. The first kappa shape index (κ1) is 12.7. The largest absolute Gasteiger partial charge is 0.495 e. The molecule has 3 nitrogen and oxygen atoms in total. The van der Waals surface area contributed by atoms with Gasteiger partial charge in [-0.15, -0.1) is 0 Å². The Bertz CT molecular complexity index is 409. The number of methoxy groups -OCH3 is 1. The molecule has 0 spiro atoms. The standard InChI is InChI=1S/C13H18ClNO2/c1-8-4-12(16-3)11(14)5-10(8)13-7-15-6-9(2)17-13/h4-5,9,13,15H,6-7H2,1-3H3. The summed E-state index contributed by atoms with van der Waals surface area (Å²) in [5.41, 5.74) is 2.28. The van der Waals surface area contributed by atoms with Crippen LogP contribution in [-0.4, -0.2) is 26.3 Å². The molecule has 0 aromatic heterocycles. The van der Waals surface area contributed by atoms with Crippen molar-refractivity contribution in [2.24, 2.45) is 0 Å². The third kappa shape index (κ3) is 2.73. The van der Waals surface area contributed by atoms with Crippen molar-refractivity contribution in [2.75, 3.05) is 20.2 Å². The van der Waals surface area contributed by atoms with Gasteiger partial charge in [-0.3, -0.25) is 0 Å². The van der Waals surface area contributed by atoms with Gasteiger partial charge in [0.25, 0.3) is 0 Å². The van der Waals surface area contributed by atoms with Crippen molar-refractivity contribution in [1.29, 1.82) is 0 Å². The summed E-state index contributed by atoms with van der Waals surface area (Å²) in [5, 5.41) is 3.99. The van der Waals surface area contributed by atoms with Crippen molar-refractivity contribution < 1.29 is 9.47 Å². The Morgan fingerprint density at radius 1 is 1.41 bits per heavy atom. The third-order valence-corrected chi connectivity index (χ3v) is 3.34. The maximum absolute atomic E-state index is 6.16. The summed E-state index contributed by atoms with van der Waals surface area (Å²) in [6, 6.07) is 3.90. The molecular formula is C13H18ClNO2. The van der Waals surface area contributed by atoms with Crippen LogP contribution in [0.4, 0.5) is 0 Å². The summed E-state index contributed by atoms with van der Waals surface area (Å²) in [7, 11) is 1.63. The van der Waals surface area contributed by atoms with Crippen LogP contribution in [0.2, 0.25) is 5.02 Å². The number of halogens is 1. The lowest BCUT2D eigenvalue weighted by Crippen LogP contribution is -2.39. The van der Waals surface area contributed by atoms with Gasteiger partial charge in [0.1, 0.15) is 5.75 Å². The van der Waals surface area contributed by atoms with Crippen LogP contribution in [0.3, 0.4) is 0 Å². The van der Waals surface area contributed by atoms with E-state index in [1.165, 1.54) is 0 Å². The normalized spacial score (nSPS) is 24.7. The molecule has 2 rings (SSSR count). The molecule has 1 saturated heterocycles. The highest BCUT2D eigenvalue weighted by Crippen LogP contribution is 2.33. The summed E-state index contributed by atoms with van der Waals surface area (Å²) in [4.78, 5) is 0. The van der Waals surface area contributed by atoms with E-state index in [2.05, 4.69) is 19.2 Å². The summed E-state index contributed by atoms with van der Waals surface area (Å²) in [5.74, 6) is 0.713. The maximum atomic E-state index is 6.16. The van der Waals surface area contributed by atoms with Gasteiger partial charge in [0.05, 0.1) is 24.3 Å². The van der Waals surface area contributed by atoms with E-state index in [-0.39, 0.29) is 12.2 Å². The molecule has 0 amide bonds. The number of aryl methyl sites for hydroxylation is 1. The number of nitrogens with one attached hydrogen (secondary N) is 1. The first-order valence-corrected chi connectivity index (χ1v) is 6.20. The Kier molecular flexibility index (Phi) is 3.92. The van der Waals surface area contributed by atoms with Gasteiger partial charge in [-0.1, -0.05) is 11.6 Å². The molecule has 1 aromatic carbocycles. The van der Waals surface area contributed by atoms with Crippen LogP contribution >= 0.6 is 11.6 Å². The number of hydrogen-bond donors (Lipinski definition) is 1. The summed E-state index contributed by atoms with van der Waals surface area (Å²) < 4.78 is 11.1. The second kappa shape index (κ2) is 5.25. The van der Waals surface area contributed by atoms with Crippen LogP contribution in [0.1, 0.15) is 24.2 Å². The highest BCUT2D eigenvalue weighted by molar-refractivity contribution is 6.32. The summed E-state index contributed by atoms with van der Waals surface area (Å²) >= 11 is 6.16. The first-order valence-electron chi connectivity index (χ1n) is 5.82. The predicted molar refractivity (Wildman–Crippen MR) is 68.9 cm³/mol. The number of morpholine rings is 1. The van der Waals surface area contributed by atoms with E-state index in [9.17, 15) is 0 Å². The Morgan fingerprint density at radius 2 is 2.18 bits per heavy atom. The molecule has 1 aromatic rings. The van der Waals surface area contributed by atoms with Gasteiger partial charge in [0, 0.05) is 13.1 Å². The Hall–Kier alpha value is -0.770. The maximum Gasteiger partial charge on any atom is 0.137 e. The minimum absolute atomic E-state index is 0.0714. The molecule has 0 aliphatic carbocycles. The number of rotatable bonds is 2. The van der Waals surface area contributed by atoms with Crippen molar-refractivity contribution in [3.8, 4) is 5.75 Å². The lowest BCUT2D eigenvalue weighted by molar-refractivity contribution is -0.0290. The van der Waals surface area contributed by atoms with Crippen molar-refractivity contribution in [1.82, 2.24) is 5.32 Å². The molecule has 1 aliphatic rings. The summed E-state index contributed by atoms with van der Waals surface area (Å²) in [6.07, 6.45) is 0.302. The smallest absolute Gasteiger partial charge is 0.137 e. The van der Waals surface area contributed by atoms with Crippen molar-refractivity contribution in [2.45, 2.75) is 26.1 Å². The van der Waals surface area contributed by atoms with E-state index in [4.69, 9.17) is 21.1 Å². The van der Waals surface area contributed by atoms with Gasteiger partial charge < -0.3 is 14.8 Å². The van der Waals surface area contributed by atoms with Gasteiger partial charge in [0.15, 0.2) is 0 Å². The van der Waals surface area contributed by atoms with E-state index in [1.807, 2.05) is 12.1 Å². The van der Waals surface area contributed by atoms with Crippen LogP contribution in [-0.2, 0) is 4.74 Å². The molecule has 0 radical (unpaired) electrons. The van der Waals surface area contributed by atoms with E-state index in [0.717, 1.165) is 24.2 Å². The molecule has 2 atom stereocenters. The molecule has 4 heteroatoms. The Morgan fingerprint density at radius 3 is 2.82 bits per heavy atom. The monoisotopic (exact) mass is 255 g/mol. The molecule has 0 bridgehead atoms. The average Bonchev–Trinajstić information content (AvgIpc) is 2.31. The molecule has 1 N–H and O–H groups in total. The molecule has 0 saturated carbocycles. The lowest BCUT2D eigenvalue weighted by atomic mass is 10.0. The van der Waals surface area contributed by atoms with Crippen LogP contribution in [0.25, 0.3) is 0 Å². The van der Waals surface area contributed by atoms with Gasteiger partial charge in [-0.25, -0.2) is 0 Å². The van der Waals surface area contributed by atoms with Crippen molar-refractivity contribution in [3.63, 3.8) is 0 Å².